The van der Waals surface area contributed by atoms with Crippen LogP contribution in [0.1, 0.15) is 21.7 Å². The Balaban J connectivity index is 1.51. The van der Waals surface area contributed by atoms with Crippen molar-refractivity contribution in [1.29, 1.82) is 0 Å². The third-order valence-corrected chi connectivity index (χ3v) is 5.71. The van der Waals surface area contributed by atoms with Gasteiger partial charge in [0, 0.05) is 59.9 Å². The van der Waals surface area contributed by atoms with E-state index >= 15 is 0 Å². The summed E-state index contributed by atoms with van der Waals surface area (Å²) >= 11 is 3.47. The highest BCUT2D eigenvalue weighted by atomic mass is 79.9. The zero-order valence-electron chi connectivity index (χ0n) is 16.0. The van der Waals surface area contributed by atoms with E-state index in [-0.39, 0.29) is 5.91 Å². The molecule has 1 N–H and O–H groups in total. The van der Waals surface area contributed by atoms with Crippen LogP contribution in [0.4, 0.5) is 5.82 Å². The van der Waals surface area contributed by atoms with Crippen molar-refractivity contribution >= 4 is 38.6 Å². The predicted molar refractivity (Wildman–Crippen MR) is 114 cm³/mol. The van der Waals surface area contributed by atoms with Crippen LogP contribution in [0.5, 0.6) is 0 Å². The maximum Gasteiger partial charge on any atom is 0.287 e. The summed E-state index contributed by atoms with van der Waals surface area (Å²) < 4.78 is 6.76. The van der Waals surface area contributed by atoms with E-state index in [1.165, 1.54) is 0 Å². The van der Waals surface area contributed by atoms with Crippen LogP contribution in [0.25, 0.3) is 11.0 Å². The van der Waals surface area contributed by atoms with Crippen molar-refractivity contribution in [2.24, 2.45) is 0 Å². The number of amides is 1. The summed E-state index contributed by atoms with van der Waals surface area (Å²) in [5.41, 5.74) is 2.57. The number of piperazine rings is 1. The largest absolute Gasteiger partial charge is 0.451 e. The number of nitrogens with zero attached hydrogens (tertiary/aromatic N) is 3. The van der Waals surface area contributed by atoms with E-state index in [9.17, 15) is 4.79 Å². The van der Waals surface area contributed by atoms with Crippen LogP contribution in [0.3, 0.4) is 0 Å². The average Bonchev–Trinajstić information content (AvgIpc) is 3.03. The van der Waals surface area contributed by atoms with Crippen LogP contribution in [0.2, 0.25) is 0 Å². The zero-order chi connectivity index (χ0) is 19.7. The first-order valence-electron chi connectivity index (χ1n) is 9.37. The molecule has 1 fully saturated rings. The van der Waals surface area contributed by atoms with Crippen LogP contribution < -0.4 is 10.2 Å². The molecule has 1 aromatic carbocycles. The molecule has 1 saturated heterocycles. The second-order valence-electron chi connectivity index (χ2n) is 7.16. The fourth-order valence-corrected chi connectivity index (χ4v) is 3.90. The summed E-state index contributed by atoms with van der Waals surface area (Å²) in [6.45, 7) is 6.21. The Morgan fingerprint density at radius 1 is 1.25 bits per heavy atom. The predicted octanol–water partition coefficient (Wildman–Crippen LogP) is 3.58. The molecule has 1 aliphatic rings. The lowest BCUT2D eigenvalue weighted by atomic mass is 10.1. The normalized spacial score (nSPS) is 15.2. The van der Waals surface area contributed by atoms with Gasteiger partial charge in [0.1, 0.15) is 11.4 Å². The number of halogens is 1. The standard InChI is InChI=1S/C21H23BrN4O2/c1-14-17-12-16(22)5-6-18(17)28-19(14)21(27)24-13-15-4-3-7-23-20(15)26-10-8-25(2)9-11-26/h3-7,12H,8-11,13H2,1-2H3,(H,24,27). The van der Waals surface area contributed by atoms with Crippen molar-refractivity contribution < 1.29 is 9.21 Å². The zero-order valence-corrected chi connectivity index (χ0v) is 17.6. The Bertz CT molecular complexity index is 1010. The number of likely N-dealkylation sites (N-methyl/N-ethyl adjacent to an activating group) is 1. The molecule has 1 aliphatic heterocycles. The Hall–Kier alpha value is -2.38. The van der Waals surface area contributed by atoms with Gasteiger partial charge in [0.15, 0.2) is 5.76 Å². The second kappa shape index (κ2) is 7.93. The number of pyridine rings is 1. The fourth-order valence-electron chi connectivity index (χ4n) is 3.54. The van der Waals surface area contributed by atoms with Crippen molar-refractivity contribution in [1.82, 2.24) is 15.2 Å². The van der Waals surface area contributed by atoms with E-state index < -0.39 is 0 Å². The van der Waals surface area contributed by atoms with Crippen molar-refractivity contribution in [3.05, 3.63) is 57.9 Å². The Morgan fingerprint density at radius 2 is 2.04 bits per heavy atom. The number of nitrogens with one attached hydrogen (secondary N) is 1. The van der Waals surface area contributed by atoms with E-state index in [0.717, 1.165) is 53.0 Å². The molecule has 2 aromatic heterocycles. The molecule has 1 amide bonds. The summed E-state index contributed by atoms with van der Waals surface area (Å²) in [6, 6.07) is 9.67. The number of anilines is 1. The summed E-state index contributed by atoms with van der Waals surface area (Å²) in [5.74, 6) is 1.09. The molecule has 0 bridgehead atoms. The van der Waals surface area contributed by atoms with E-state index in [4.69, 9.17) is 4.42 Å². The maximum atomic E-state index is 12.8. The van der Waals surface area contributed by atoms with Gasteiger partial charge < -0.3 is 19.5 Å². The summed E-state index contributed by atoms with van der Waals surface area (Å²) in [6.07, 6.45) is 1.81. The molecule has 146 valence electrons. The molecule has 0 saturated carbocycles. The minimum atomic E-state index is -0.210. The number of aryl methyl sites for hydroxylation is 1. The van der Waals surface area contributed by atoms with E-state index in [2.05, 4.69) is 43.1 Å². The lowest BCUT2D eigenvalue weighted by Crippen LogP contribution is -2.45. The average molecular weight is 443 g/mol. The maximum absolute atomic E-state index is 12.8. The van der Waals surface area contributed by atoms with Gasteiger partial charge in [0.2, 0.25) is 0 Å². The minimum absolute atomic E-state index is 0.210. The number of furan rings is 1. The van der Waals surface area contributed by atoms with E-state index in [0.29, 0.717) is 17.9 Å². The lowest BCUT2D eigenvalue weighted by Gasteiger charge is -2.34. The van der Waals surface area contributed by atoms with Crippen LogP contribution in [0.15, 0.2) is 45.4 Å². The third kappa shape index (κ3) is 3.77. The lowest BCUT2D eigenvalue weighted by molar-refractivity contribution is 0.0924. The SMILES string of the molecule is Cc1c(C(=O)NCc2cccnc2N2CCN(C)CC2)oc2ccc(Br)cc12. The monoisotopic (exact) mass is 442 g/mol. The number of carbonyl (C=O) groups is 1. The molecule has 6 nitrogen and oxygen atoms in total. The van der Waals surface area contributed by atoms with Gasteiger partial charge in [-0.15, -0.1) is 0 Å². The first kappa shape index (κ1) is 19.0. The fraction of sp³-hybridized carbons (Fsp3) is 0.333. The number of rotatable bonds is 4. The first-order chi connectivity index (χ1) is 13.5. The number of fused-ring (bicyclic) bond motifs is 1. The van der Waals surface area contributed by atoms with Gasteiger partial charge in [-0.2, -0.15) is 0 Å². The van der Waals surface area contributed by atoms with Crippen molar-refractivity contribution in [3.63, 3.8) is 0 Å². The molecule has 7 heteroatoms. The smallest absolute Gasteiger partial charge is 0.287 e. The van der Waals surface area contributed by atoms with Crippen molar-refractivity contribution in [2.45, 2.75) is 13.5 Å². The van der Waals surface area contributed by atoms with Crippen LogP contribution in [0, 0.1) is 6.92 Å². The highest BCUT2D eigenvalue weighted by Crippen LogP contribution is 2.28. The molecule has 3 aromatic rings. The van der Waals surface area contributed by atoms with Gasteiger partial charge in [-0.25, -0.2) is 4.98 Å². The van der Waals surface area contributed by atoms with Gasteiger partial charge in [-0.05, 0) is 38.2 Å². The molecule has 4 rings (SSSR count). The van der Waals surface area contributed by atoms with Crippen LogP contribution >= 0.6 is 15.9 Å². The number of benzene rings is 1. The van der Waals surface area contributed by atoms with Crippen LogP contribution in [-0.4, -0.2) is 49.0 Å². The minimum Gasteiger partial charge on any atom is -0.451 e. The molecular weight excluding hydrogens is 420 g/mol. The van der Waals surface area contributed by atoms with Crippen molar-refractivity contribution in [2.75, 3.05) is 38.1 Å². The topological polar surface area (TPSA) is 61.6 Å². The first-order valence-corrected chi connectivity index (χ1v) is 10.2. The van der Waals surface area contributed by atoms with E-state index in [1.54, 1.807) is 6.20 Å². The Kier molecular flexibility index (Phi) is 5.37. The third-order valence-electron chi connectivity index (χ3n) is 5.21. The van der Waals surface area contributed by atoms with Gasteiger partial charge in [-0.3, -0.25) is 4.79 Å². The molecule has 28 heavy (non-hydrogen) atoms. The highest BCUT2D eigenvalue weighted by Gasteiger charge is 2.20. The van der Waals surface area contributed by atoms with Gasteiger partial charge in [0.05, 0.1) is 0 Å². The van der Waals surface area contributed by atoms with Gasteiger partial charge in [-0.1, -0.05) is 22.0 Å². The number of aromatic nitrogens is 1. The highest BCUT2D eigenvalue weighted by molar-refractivity contribution is 9.10. The number of hydrogen-bond donors (Lipinski definition) is 1. The van der Waals surface area contributed by atoms with E-state index in [1.807, 2.05) is 37.3 Å². The van der Waals surface area contributed by atoms with Crippen LogP contribution in [-0.2, 0) is 6.54 Å². The Labute approximate surface area is 172 Å². The summed E-state index contributed by atoms with van der Waals surface area (Å²) in [5, 5.41) is 3.94. The Morgan fingerprint density at radius 3 is 2.82 bits per heavy atom. The number of carbonyl (C=O) groups excluding carboxylic acids is 1. The summed E-state index contributed by atoms with van der Waals surface area (Å²) in [7, 11) is 2.13. The molecule has 0 aliphatic carbocycles. The number of hydrogen-bond acceptors (Lipinski definition) is 5. The second-order valence-corrected chi connectivity index (χ2v) is 8.07. The van der Waals surface area contributed by atoms with Crippen molar-refractivity contribution in [3.8, 4) is 0 Å². The molecule has 0 spiro atoms. The summed E-state index contributed by atoms with van der Waals surface area (Å²) in [4.78, 5) is 21.9. The molecule has 0 unspecified atom stereocenters. The quantitative estimate of drug-likeness (QED) is 0.668. The molecule has 0 radical (unpaired) electrons. The van der Waals surface area contributed by atoms with Gasteiger partial charge >= 0.3 is 0 Å². The van der Waals surface area contributed by atoms with Gasteiger partial charge in [0.25, 0.3) is 5.91 Å². The molecular formula is C21H23BrN4O2. The molecule has 3 heterocycles. The molecule has 0 atom stereocenters.